The maximum Gasteiger partial charge on any atom is 0.410 e. The lowest BCUT2D eigenvalue weighted by Gasteiger charge is -2.19. The maximum absolute atomic E-state index is 11.7. The van der Waals surface area contributed by atoms with Gasteiger partial charge in [0.2, 0.25) is 11.8 Å². The van der Waals surface area contributed by atoms with Gasteiger partial charge in [-0.3, -0.25) is 4.57 Å². The molecule has 13 heteroatoms. The first-order valence-electron chi connectivity index (χ1n) is 7.88. The molecule has 1 atom stereocenters. The topological polar surface area (TPSA) is 165 Å². The molecule has 0 fully saturated rings. The molecular weight excluding hydrogens is 362 g/mol. The fraction of sp³-hybridized carbons (Fsp3) is 0.500. The Labute approximate surface area is 154 Å². The molecule has 0 aromatic carbocycles. The maximum atomic E-state index is 11.7. The Balaban J connectivity index is 2.16. The molecule has 0 spiro atoms. The van der Waals surface area contributed by atoms with Crippen LogP contribution < -0.4 is 21.1 Å². The number of hydrogen-bond donors (Lipinski definition) is 3. The smallest absolute Gasteiger partial charge is 0.410 e. The molecule has 4 N–H and O–H groups in total. The average Bonchev–Trinajstić information content (AvgIpc) is 3.09. The molecule has 2 aromatic heterocycles. The number of rotatable bonds is 8. The number of hydrogen-bond acceptors (Lipinski definition) is 10. The zero-order valence-corrected chi connectivity index (χ0v) is 15.1. The van der Waals surface area contributed by atoms with Crippen LogP contribution in [-0.4, -0.2) is 66.1 Å². The van der Waals surface area contributed by atoms with Crippen LogP contribution in [0.5, 0.6) is 5.88 Å². The Morgan fingerprint density at radius 2 is 1.96 bits per heavy atom. The molecule has 0 aliphatic rings. The van der Waals surface area contributed by atoms with E-state index in [2.05, 4.69) is 25.6 Å². The quantitative estimate of drug-likeness (QED) is 0.417. The predicted octanol–water partition coefficient (Wildman–Crippen LogP) is -0.00810. The molecule has 0 saturated carbocycles. The van der Waals surface area contributed by atoms with Crippen molar-refractivity contribution in [2.45, 2.75) is 12.8 Å². The molecule has 0 radical (unpaired) electrons. The van der Waals surface area contributed by atoms with Crippen LogP contribution in [0.15, 0.2) is 6.33 Å². The molecule has 2 rings (SSSR count). The first-order valence-corrected chi connectivity index (χ1v) is 7.88. The third-order valence-corrected chi connectivity index (χ3v) is 3.23. The largest absolute Gasteiger partial charge is 0.479 e. The van der Waals surface area contributed by atoms with Crippen LogP contribution in [0, 0.1) is 0 Å². The van der Waals surface area contributed by atoms with Crippen molar-refractivity contribution in [2.24, 2.45) is 0 Å². The number of imidazole rings is 1. The van der Waals surface area contributed by atoms with E-state index >= 15 is 0 Å². The van der Waals surface area contributed by atoms with Gasteiger partial charge >= 0.3 is 12.2 Å². The zero-order chi connectivity index (χ0) is 19.8. The lowest BCUT2D eigenvalue weighted by Crippen LogP contribution is -2.27. The molecular formula is C14H21N7O6. The second-order valence-electron chi connectivity index (χ2n) is 4.99. The second-order valence-corrected chi connectivity index (χ2v) is 4.99. The summed E-state index contributed by atoms with van der Waals surface area (Å²) in [6.45, 7) is 0.246. The monoisotopic (exact) mass is 383 g/mol. The molecule has 148 valence electrons. The minimum Gasteiger partial charge on any atom is -0.479 e. The van der Waals surface area contributed by atoms with Crippen molar-refractivity contribution in [1.29, 1.82) is 0 Å². The summed E-state index contributed by atoms with van der Waals surface area (Å²) in [5.74, 6) is 0.132. The fourth-order valence-corrected chi connectivity index (χ4v) is 2.00. The predicted molar refractivity (Wildman–Crippen MR) is 91.8 cm³/mol. The summed E-state index contributed by atoms with van der Waals surface area (Å²) in [6, 6.07) is 0. The number of carbonyl (C=O) groups excluding carboxylic acids is 2. The Kier molecular flexibility index (Phi) is 6.93. The van der Waals surface area contributed by atoms with E-state index in [0.29, 0.717) is 11.9 Å². The Morgan fingerprint density at radius 1 is 1.22 bits per heavy atom. The molecule has 27 heavy (non-hydrogen) atoms. The molecule has 0 aliphatic carbocycles. The summed E-state index contributed by atoms with van der Waals surface area (Å²) in [5.41, 5.74) is 6.26. The molecule has 0 aliphatic heterocycles. The van der Waals surface area contributed by atoms with E-state index in [9.17, 15) is 9.59 Å². The van der Waals surface area contributed by atoms with Gasteiger partial charge in [0.1, 0.15) is 6.33 Å². The van der Waals surface area contributed by atoms with Gasteiger partial charge in [-0.05, 0) is 0 Å². The first-order chi connectivity index (χ1) is 13.0. The van der Waals surface area contributed by atoms with Crippen molar-refractivity contribution < 1.29 is 28.5 Å². The van der Waals surface area contributed by atoms with Crippen LogP contribution >= 0.6 is 0 Å². The van der Waals surface area contributed by atoms with Gasteiger partial charge in [-0.15, -0.1) is 0 Å². The van der Waals surface area contributed by atoms with Crippen LogP contribution in [0.25, 0.3) is 11.2 Å². The van der Waals surface area contributed by atoms with Crippen LogP contribution in [0.1, 0.15) is 12.8 Å². The molecule has 13 nitrogen and oxygen atoms in total. The van der Waals surface area contributed by atoms with E-state index < -0.39 is 18.6 Å². The molecule has 2 heterocycles. The number of methoxy groups -OCH3 is 1. The van der Waals surface area contributed by atoms with Crippen molar-refractivity contribution in [3.05, 3.63) is 6.33 Å². The van der Waals surface area contributed by atoms with Gasteiger partial charge in [-0.25, -0.2) is 14.6 Å². The van der Waals surface area contributed by atoms with E-state index in [4.69, 9.17) is 24.7 Å². The number of carbonyl (C=O) groups is 2. The van der Waals surface area contributed by atoms with Gasteiger partial charge in [-0.2, -0.15) is 9.97 Å². The van der Waals surface area contributed by atoms with Gasteiger partial charge in [0.05, 0.1) is 20.3 Å². The number of alkyl carbamates (subject to hydrolysis) is 2. The average molecular weight is 383 g/mol. The highest BCUT2D eigenvalue weighted by Gasteiger charge is 2.22. The van der Waals surface area contributed by atoms with Gasteiger partial charge in [-0.1, -0.05) is 0 Å². The summed E-state index contributed by atoms with van der Waals surface area (Å²) in [7, 11) is 4.28. The minimum absolute atomic E-state index is 0.0428. The van der Waals surface area contributed by atoms with Crippen LogP contribution in [0.3, 0.4) is 0 Å². The highest BCUT2D eigenvalue weighted by molar-refractivity contribution is 5.77. The Hall–Kier alpha value is -3.35. The number of ether oxygens (including phenoxy) is 4. The van der Waals surface area contributed by atoms with Gasteiger partial charge in [0.25, 0.3) is 6.41 Å². The van der Waals surface area contributed by atoms with Crippen molar-refractivity contribution in [1.82, 2.24) is 30.2 Å². The van der Waals surface area contributed by atoms with Crippen LogP contribution in [-0.2, 0) is 14.2 Å². The Bertz CT molecular complexity index is 796. The summed E-state index contributed by atoms with van der Waals surface area (Å²) in [5, 5.41) is 4.66. The Morgan fingerprint density at radius 3 is 2.63 bits per heavy atom. The molecule has 0 saturated heterocycles. The van der Waals surface area contributed by atoms with Crippen molar-refractivity contribution in [2.75, 3.05) is 40.2 Å². The number of fused-ring (bicyclic) bond motifs is 1. The van der Waals surface area contributed by atoms with E-state index in [-0.39, 0.29) is 30.7 Å². The standard InChI is InChI=1S/C14H21N7O6/c1-16-12(22)25-5-4-6-26-14(27-13(23)17-2)21-7-18-8-9(21)19-11(15)20-10(8)24-3/h7,14H,4-6H2,1-3H3,(H,16,22)(H,17,23)(H2,15,19,20). The first kappa shape index (κ1) is 20.0. The molecule has 2 amide bonds. The lowest BCUT2D eigenvalue weighted by atomic mass is 10.5. The lowest BCUT2D eigenvalue weighted by molar-refractivity contribution is -0.153. The van der Waals surface area contributed by atoms with Gasteiger partial charge in [0, 0.05) is 20.5 Å². The number of nitrogen functional groups attached to an aromatic ring is 1. The fourth-order valence-electron chi connectivity index (χ4n) is 2.00. The molecule has 2 aromatic rings. The highest BCUT2D eigenvalue weighted by atomic mass is 16.7. The third-order valence-electron chi connectivity index (χ3n) is 3.23. The highest BCUT2D eigenvalue weighted by Crippen LogP contribution is 2.25. The number of amides is 2. The van der Waals surface area contributed by atoms with Gasteiger partial charge in [0.15, 0.2) is 11.2 Å². The SMILES string of the molecule is CNC(=O)OCCCOC(OC(=O)NC)n1cnc2c(OC)nc(N)nc21. The minimum atomic E-state index is -1.19. The van der Waals surface area contributed by atoms with Crippen molar-refractivity contribution in [3.63, 3.8) is 0 Å². The molecule has 1 unspecified atom stereocenters. The van der Waals surface area contributed by atoms with Crippen molar-refractivity contribution >= 4 is 29.3 Å². The zero-order valence-electron chi connectivity index (χ0n) is 15.1. The van der Waals surface area contributed by atoms with Crippen molar-refractivity contribution in [3.8, 4) is 5.88 Å². The van der Waals surface area contributed by atoms with E-state index in [1.807, 2.05) is 0 Å². The summed E-state index contributed by atoms with van der Waals surface area (Å²) in [6.07, 6.45) is -0.733. The summed E-state index contributed by atoms with van der Waals surface area (Å²) >= 11 is 0. The summed E-state index contributed by atoms with van der Waals surface area (Å²) < 4.78 is 22.1. The normalized spacial score (nSPS) is 11.7. The number of aromatic nitrogens is 4. The number of anilines is 1. The van der Waals surface area contributed by atoms with E-state index in [0.717, 1.165) is 0 Å². The second kappa shape index (κ2) is 9.38. The van der Waals surface area contributed by atoms with Crippen LogP contribution in [0.2, 0.25) is 0 Å². The van der Waals surface area contributed by atoms with Crippen LogP contribution in [0.4, 0.5) is 15.5 Å². The van der Waals surface area contributed by atoms with E-state index in [1.165, 1.54) is 32.1 Å². The summed E-state index contributed by atoms with van der Waals surface area (Å²) in [4.78, 5) is 34.9. The van der Waals surface area contributed by atoms with E-state index in [1.54, 1.807) is 0 Å². The molecule has 0 bridgehead atoms. The number of nitrogens with one attached hydrogen (secondary N) is 2. The number of nitrogens with zero attached hydrogens (tertiary/aromatic N) is 4. The third kappa shape index (κ3) is 5.07. The van der Waals surface area contributed by atoms with Gasteiger partial charge < -0.3 is 35.3 Å². The number of nitrogens with two attached hydrogens (primary N) is 1.